The van der Waals surface area contributed by atoms with Crippen LogP contribution in [0.4, 0.5) is 0 Å². The zero-order chi connectivity index (χ0) is 12.8. The van der Waals surface area contributed by atoms with Crippen molar-refractivity contribution in [1.82, 2.24) is 4.90 Å². The van der Waals surface area contributed by atoms with Gasteiger partial charge in [-0.15, -0.1) is 11.3 Å². The summed E-state index contributed by atoms with van der Waals surface area (Å²) in [5.74, 6) is 6.98. The Balaban J connectivity index is 1.90. The number of nitrogens with two attached hydrogens (primary N) is 1. The van der Waals surface area contributed by atoms with Crippen molar-refractivity contribution < 1.29 is 0 Å². The van der Waals surface area contributed by atoms with E-state index in [1.807, 2.05) is 11.3 Å². The zero-order valence-corrected chi connectivity index (χ0v) is 11.9. The lowest BCUT2D eigenvalue weighted by atomic mass is 10.2. The molecule has 1 aromatic heterocycles. The molecule has 0 spiro atoms. The van der Waals surface area contributed by atoms with Crippen LogP contribution >= 0.6 is 11.3 Å². The first kappa shape index (κ1) is 13.6. The monoisotopic (exact) mass is 262 g/mol. The molecule has 1 saturated carbocycles. The van der Waals surface area contributed by atoms with Crippen LogP contribution in [0.15, 0.2) is 11.4 Å². The topological polar surface area (TPSA) is 29.3 Å². The maximum absolute atomic E-state index is 5.39. The normalized spacial score (nSPS) is 14.6. The first-order chi connectivity index (χ1) is 8.81. The minimum Gasteiger partial charge on any atom is -0.320 e. The van der Waals surface area contributed by atoms with Crippen molar-refractivity contribution in [3.63, 3.8) is 0 Å². The average molecular weight is 262 g/mol. The molecule has 98 valence electrons. The van der Waals surface area contributed by atoms with E-state index in [4.69, 9.17) is 5.73 Å². The van der Waals surface area contributed by atoms with Gasteiger partial charge in [0.05, 0.1) is 6.54 Å². The van der Waals surface area contributed by atoms with Crippen LogP contribution in [0.3, 0.4) is 0 Å². The summed E-state index contributed by atoms with van der Waals surface area (Å²) in [5, 5.41) is 2.14. The molecule has 0 bridgehead atoms. The van der Waals surface area contributed by atoms with Crippen molar-refractivity contribution in [3.05, 3.63) is 21.9 Å². The van der Waals surface area contributed by atoms with E-state index in [2.05, 4.69) is 35.1 Å². The van der Waals surface area contributed by atoms with E-state index < -0.39 is 0 Å². The lowest BCUT2D eigenvalue weighted by Gasteiger charge is -2.20. The first-order valence-corrected chi connectivity index (χ1v) is 7.68. The molecule has 18 heavy (non-hydrogen) atoms. The van der Waals surface area contributed by atoms with Gasteiger partial charge in [-0.2, -0.15) is 0 Å². The van der Waals surface area contributed by atoms with Crippen LogP contribution in [0.5, 0.6) is 0 Å². The Morgan fingerprint density at radius 1 is 1.50 bits per heavy atom. The van der Waals surface area contributed by atoms with Gasteiger partial charge in [0.1, 0.15) is 0 Å². The third-order valence-electron chi connectivity index (χ3n) is 3.12. The van der Waals surface area contributed by atoms with Crippen LogP contribution in [0, 0.1) is 17.8 Å². The molecule has 0 amide bonds. The Hall–Kier alpha value is -0.820. The van der Waals surface area contributed by atoms with Crippen molar-refractivity contribution in [1.29, 1.82) is 0 Å². The first-order valence-electron chi connectivity index (χ1n) is 6.80. The Labute approximate surface area is 114 Å². The molecule has 1 fully saturated rings. The molecule has 0 atom stereocenters. The van der Waals surface area contributed by atoms with Gasteiger partial charge in [0, 0.05) is 28.9 Å². The second-order valence-electron chi connectivity index (χ2n) is 4.99. The third kappa shape index (κ3) is 4.45. The standard InChI is InChI=1S/C15H22N2S/c1-2-8-17(10-13-5-6-13)11-15-9-14(12-18-15)4-3-7-16/h9,12-13H,2,5-8,10-11,16H2,1H3. The summed E-state index contributed by atoms with van der Waals surface area (Å²) < 4.78 is 0. The van der Waals surface area contributed by atoms with E-state index in [1.165, 1.54) is 37.2 Å². The van der Waals surface area contributed by atoms with Gasteiger partial charge in [-0.3, -0.25) is 4.90 Å². The molecule has 3 heteroatoms. The molecule has 0 aliphatic heterocycles. The van der Waals surface area contributed by atoms with E-state index in [1.54, 1.807) is 0 Å². The predicted octanol–water partition coefficient (Wildman–Crippen LogP) is 2.68. The lowest BCUT2D eigenvalue weighted by Crippen LogP contribution is -2.25. The number of nitrogens with zero attached hydrogens (tertiary/aromatic N) is 1. The number of hydrogen-bond donors (Lipinski definition) is 1. The maximum Gasteiger partial charge on any atom is 0.0555 e. The molecule has 0 saturated heterocycles. The summed E-state index contributed by atoms with van der Waals surface area (Å²) in [7, 11) is 0. The van der Waals surface area contributed by atoms with Crippen molar-refractivity contribution in [2.45, 2.75) is 32.7 Å². The molecule has 2 N–H and O–H groups in total. The molecule has 2 rings (SSSR count). The van der Waals surface area contributed by atoms with Gasteiger partial charge in [0.25, 0.3) is 0 Å². The highest BCUT2D eigenvalue weighted by atomic mass is 32.1. The highest BCUT2D eigenvalue weighted by Crippen LogP contribution is 2.30. The minimum absolute atomic E-state index is 0.439. The summed E-state index contributed by atoms with van der Waals surface area (Å²) in [4.78, 5) is 4.01. The Morgan fingerprint density at radius 2 is 2.33 bits per heavy atom. The van der Waals surface area contributed by atoms with Crippen molar-refractivity contribution in [3.8, 4) is 11.8 Å². The summed E-state index contributed by atoms with van der Waals surface area (Å²) in [6, 6.07) is 2.21. The van der Waals surface area contributed by atoms with Crippen molar-refractivity contribution in [2.75, 3.05) is 19.6 Å². The van der Waals surface area contributed by atoms with Crippen LogP contribution < -0.4 is 5.73 Å². The molecular formula is C15H22N2S. The second-order valence-corrected chi connectivity index (χ2v) is 5.98. The van der Waals surface area contributed by atoms with Crippen LogP contribution in [-0.2, 0) is 6.54 Å². The fraction of sp³-hybridized carbons (Fsp3) is 0.600. The largest absolute Gasteiger partial charge is 0.320 e. The van der Waals surface area contributed by atoms with Gasteiger partial charge < -0.3 is 5.73 Å². The quantitative estimate of drug-likeness (QED) is 0.799. The smallest absolute Gasteiger partial charge is 0.0555 e. The minimum atomic E-state index is 0.439. The molecule has 1 aliphatic rings. The fourth-order valence-electron chi connectivity index (χ4n) is 2.12. The third-order valence-corrected chi connectivity index (χ3v) is 4.04. The van der Waals surface area contributed by atoms with Gasteiger partial charge in [0.15, 0.2) is 0 Å². The van der Waals surface area contributed by atoms with E-state index in [0.29, 0.717) is 6.54 Å². The fourth-order valence-corrected chi connectivity index (χ4v) is 2.98. The SMILES string of the molecule is CCCN(Cc1cc(C#CCN)cs1)CC1CC1. The number of thiophene rings is 1. The summed E-state index contributed by atoms with van der Waals surface area (Å²) in [6.45, 7) is 6.26. The van der Waals surface area contributed by atoms with Gasteiger partial charge in [-0.05, 0) is 37.8 Å². The van der Waals surface area contributed by atoms with E-state index in [9.17, 15) is 0 Å². The summed E-state index contributed by atoms with van der Waals surface area (Å²) >= 11 is 1.82. The zero-order valence-electron chi connectivity index (χ0n) is 11.1. The summed E-state index contributed by atoms with van der Waals surface area (Å²) in [6.07, 6.45) is 4.09. The Morgan fingerprint density at radius 3 is 3.00 bits per heavy atom. The van der Waals surface area contributed by atoms with Crippen LogP contribution in [-0.4, -0.2) is 24.5 Å². The van der Waals surface area contributed by atoms with Crippen LogP contribution in [0.2, 0.25) is 0 Å². The second kappa shape index (κ2) is 6.94. The molecule has 1 heterocycles. The van der Waals surface area contributed by atoms with Crippen molar-refractivity contribution in [2.24, 2.45) is 11.7 Å². The number of rotatable bonds is 6. The molecule has 1 aliphatic carbocycles. The molecule has 2 nitrogen and oxygen atoms in total. The average Bonchev–Trinajstić information content (AvgIpc) is 3.05. The van der Waals surface area contributed by atoms with E-state index in [0.717, 1.165) is 18.0 Å². The molecular weight excluding hydrogens is 240 g/mol. The Bertz CT molecular complexity index is 423. The highest BCUT2D eigenvalue weighted by Gasteiger charge is 2.24. The highest BCUT2D eigenvalue weighted by molar-refractivity contribution is 7.10. The molecule has 0 unspecified atom stereocenters. The van der Waals surface area contributed by atoms with Gasteiger partial charge in [-0.25, -0.2) is 0 Å². The van der Waals surface area contributed by atoms with Crippen LogP contribution in [0.25, 0.3) is 0 Å². The summed E-state index contributed by atoms with van der Waals surface area (Å²) in [5.41, 5.74) is 6.50. The van der Waals surface area contributed by atoms with Gasteiger partial charge >= 0.3 is 0 Å². The maximum atomic E-state index is 5.39. The molecule has 0 aromatic carbocycles. The molecule has 0 radical (unpaired) electrons. The Kier molecular flexibility index (Phi) is 5.25. The van der Waals surface area contributed by atoms with Gasteiger partial charge in [0.2, 0.25) is 0 Å². The predicted molar refractivity (Wildman–Crippen MR) is 78.5 cm³/mol. The van der Waals surface area contributed by atoms with E-state index >= 15 is 0 Å². The molecule has 1 aromatic rings. The van der Waals surface area contributed by atoms with Gasteiger partial charge in [-0.1, -0.05) is 18.8 Å². The van der Waals surface area contributed by atoms with Crippen LogP contribution in [0.1, 0.15) is 36.6 Å². The van der Waals surface area contributed by atoms with Crippen molar-refractivity contribution >= 4 is 11.3 Å². The lowest BCUT2D eigenvalue weighted by molar-refractivity contribution is 0.257. The number of hydrogen-bond acceptors (Lipinski definition) is 3. The van der Waals surface area contributed by atoms with E-state index in [-0.39, 0.29) is 0 Å².